The summed E-state index contributed by atoms with van der Waals surface area (Å²) in [7, 11) is 0. The summed E-state index contributed by atoms with van der Waals surface area (Å²) < 4.78 is 43.8. The van der Waals surface area contributed by atoms with Crippen molar-refractivity contribution in [3.8, 4) is 5.69 Å². The lowest BCUT2D eigenvalue weighted by Crippen LogP contribution is -2.50. The van der Waals surface area contributed by atoms with Gasteiger partial charge in [0.1, 0.15) is 0 Å². The molecule has 0 radical (unpaired) electrons. The summed E-state index contributed by atoms with van der Waals surface area (Å²) in [6, 6.07) is 12.3. The molecule has 0 aliphatic carbocycles. The van der Waals surface area contributed by atoms with Gasteiger partial charge in [0.15, 0.2) is 5.69 Å². The van der Waals surface area contributed by atoms with Crippen LogP contribution in [0.4, 0.5) is 24.5 Å². The monoisotopic (exact) mass is 566 g/mol. The van der Waals surface area contributed by atoms with Gasteiger partial charge in [0.05, 0.1) is 23.0 Å². The zero-order valence-electron chi connectivity index (χ0n) is 21.5. The molecule has 5 heterocycles. The third kappa shape index (κ3) is 4.21. The topological polar surface area (TPSA) is 57.5 Å². The molecule has 0 bridgehead atoms. The Morgan fingerprint density at radius 1 is 1.00 bits per heavy atom. The Kier molecular flexibility index (Phi) is 6.01. The number of halogens is 4. The summed E-state index contributed by atoms with van der Waals surface area (Å²) in [6.07, 6.45) is 0.955. The number of hydrogen-bond donors (Lipinski definition) is 0. The Hall–Kier alpha value is -3.63. The highest BCUT2D eigenvalue weighted by Gasteiger charge is 2.42. The predicted molar refractivity (Wildman–Crippen MR) is 148 cm³/mol. The number of pyridine rings is 1. The molecule has 1 amide bonds. The van der Waals surface area contributed by atoms with E-state index in [2.05, 4.69) is 19.9 Å². The maximum atomic E-state index is 14.3. The van der Waals surface area contributed by atoms with E-state index in [4.69, 9.17) is 11.6 Å². The van der Waals surface area contributed by atoms with E-state index in [0.717, 1.165) is 59.2 Å². The number of carbonyl (C=O) groups excluding carboxylic acids is 1. The zero-order valence-corrected chi connectivity index (χ0v) is 22.3. The molecule has 1 atom stereocenters. The van der Waals surface area contributed by atoms with Crippen LogP contribution >= 0.6 is 11.6 Å². The van der Waals surface area contributed by atoms with Gasteiger partial charge in [-0.05, 0) is 73.8 Å². The van der Waals surface area contributed by atoms with Crippen molar-refractivity contribution in [2.24, 2.45) is 0 Å². The number of piperazine rings is 1. The summed E-state index contributed by atoms with van der Waals surface area (Å²) in [5, 5.41) is 5.26. The number of rotatable bonds is 3. The molecule has 11 heteroatoms. The molecular formula is C29H26ClF3N6O. The lowest BCUT2D eigenvalue weighted by atomic mass is 10.1. The van der Waals surface area contributed by atoms with Gasteiger partial charge in [0.2, 0.25) is 0 Å². The van der Waals surface area contributed by atoms with Gasteiger partial charge in [-0.1, -0.05) is 11.6 Å². The standard InChI is InChI=1S/C29H26ClF3N6O/c30-19-3-5-20(6-4-19)39-27(29(31,32)33)23(16-35-39)28(40)38-11-8-18-14-24-22(15-26(18)38)25(7-9-34-24)37-13-12-36-10-1-2-21(36)17-37/h3-7,9,14-16,21H,1-2,8,10-13,17H2/t21-/m0/s1. The van der Waals surface area contributed by atoms with Crippen LogP contribution in [-0.4, -0.2) is 64.3 Å². The Morgan fingerprint density at radius 2 is 1.82 bits per heavy atom. The van der Waals surface area contributed by atoms with Crippen molar-refractivity contribution < 1.29 is 18.0 Å². The van der Waals surface area contributed by atoms with Gasteiger partial charge in [-0.25, -0.2) is 4.68 Å². The second-order valence-electron chi connectivity index (χ2n) is 10.6. The number of anilines is 2. The van der Waals surface area contributed by atoms with Crippen molar-refractivity contribution in [2.45, 2.75) is 31.5 Å². The molecule has 2 saturated heterocycles. The van der Waals surface area contributed by atoms with Crippen LogP contribution in [0, 0.1) is 0 Å². The van der Waals surface area contributed by atoms with E-state index in [0.29, 0.717) is 23.2 Å². The van der Waals surface area contributed by atoms with Crippen LogP contribution in [0.5, 0.6) is 0 Å². The molecule has 0 spiro atoms. The maximum Gasteiger partial charge on any atom is 0.434 e. The molecule has 40 heavy (non-hydrogen) atoms. The van der Waals surface area contributed by atoms with Crippen LogP contribution in [-0.2, 0) is 12.6 Å². The van der Waals surface area contributed by atoms with Gasteiger partial charge in [0, 0.05) is 60.2 Å². The van der Waals surface area contributed by atoms with E-state index in [1.807, 2.05) is 24.4 Å². The molecule has 7 rings (SSSR count). The normalized spacial score (nSPS) is 19.4. The lowest BCUT2D eigenvalue weighted by Gasteiger charge is -2.39. The fourth-order valence-electron chi connectivity index (χ4n) is 6.41. The van der Waals surface area contributed by atoms with Crippen LogP contribution in [0.3, 0.4) is 0 Å². The molecule has 2 aromatic carbocycles. The fourth-order valence-corrected chi connectivity index (χ4v) is 6.54. The van der Waals surface area contributed by atoms with E-state index in [-0.39, 0.29) is 12.2 Å². The first-order valence-electron chi connectivity index (χ1n) is 13.4. The van der Waals surface area contributed by atoms with Crippen molar-refractivity contribution in [1.82, 2.24) is 19.7 Å². The molecule has 2 fully saturated rings. The van der Waals surface area contributed by atoms with Crippen LogP contribution < -0.4 is 9.80 Å². The highest BCUT2D eigenvalue weighted by molar-refractivity contribution is 6.30. The third-order valence-corrected chi connectivity index (χ3v) is 8.58. The molecule has 0 N–H and O–H groups in total. The number of fused-ring (bicyclic) bond motifs is 3. The van der Waals surface area contributed by atoms with Crippen LogP contribution in [0.2, 0.25) is 5.02 Å². The molecule has 206 valence electrons. The van der Waals surface area contributed by atoms with Gasteiger partial charge in [0.25, 0.3) is 5.91 Å². The fraction of sp³-hybridized carbons (Fsp3) is 0.345. The van der Waals surface area contributed by atoms with Crippen molar-refractivity contribution >= 4 is 39.8 Å². The molecule has 3 aliphatic rings. The number of alkyl halides is 3. The maximum absolute atomic E-state index is 14.3. The Morgan fingerprint density at radius 3 is 2.62 bits per heavy atom. The third-order valence-electron chi connectivity index (χ3n) is 8.33. The van der Waals surface area contributed by atoms with Crippen molar-refractivity contribution in [3.05, 3.63) is 76.7 Å². The van der Waals surface area contributed by atoms with Gasteiger partial charge < -0.3 is 9.80 Å². The van der Waals surface area contributed by atoms with Crippen LogP contribution in [0.25, 0.3) is 16.6 Å². The number of nitrogens with zero attached hydrogens (tertiary/aromatic N) is 6. The molecule has 4 aromatic rings. The minimum absolute atomic E-state index is 0.168. The van der Waals surface area contributed by atoms with E-state index in [1.54, 1.807) is 0 Å². The second kappa shape index (κ2) is 9.49. The summed E-state index contributed by atoms with van der Waals surface area (Å²) in [6.45, 7) is 4.26. The minimum Gasteiger partial charge on any atom is -0.368 e. The SMILES string of the molecule is O=C(c1cnn(-c2ccc(Cl)cc2)c1C(F)(F)F)N1CCc2cc3nccc(N4CCN5CCC[C@H]5C4)c3cc21. The average Bonchev–Trinajstić information content (AvgIpc) is 3.69. The van der Waals surface area contributed by atoms with E-state index >= 15 is 0 Å². The quantitative estimate of drug-likeness (QED) is 0.324. The van der Waals surface area contributed by atoms with Crippen molar-refractivity contribution in [2.75, 3.05) is 42.5 Å². The highest BCUT2D eigenvalue weighted by Crippen LogP contribution is 2.39. The smallest absolute Gasteiger partial charge is 0.368 e. The molecular weight excluding hydrogens is 541 g/mol. The van der Waals surface area contributed by atoms with Crippen LogP contribution in [0.15, 0.2) is 54.9 Å². The predicted octanol–water partition coefficient (Wildman–Crippen LogP) is 5.58. The number of amides is 1. The number of aromatic nitrogens is 3. The summed E-state index contributed by atoms with van der Waals surface area (Å²) in [5.41, 5.74) is 1.96. The number of hydrogen-bond acceptors (Lipinski definition) is 5. The number of carbonyl (C=O) groups is 1. The summed E-state index contributed by atoms with van der Waals surface area (Å²) in [4.78, 5) is 24.7. The van der Waals surface area contributed by atoms with Gasteiger partial charge in [-0.3, -0.25) is 14.7 Å². The van der Waals surface area contributed by atoms with Gasteiger partial charge >= 0.3 is 6.18 Å². The second-order valence-corrected chi connectivity index (χ2v) is 11.0. The minimum atomic E-state index is -4.80. The molecule has 0 saturated carbocycles. The first-order valence-corrected chi connectivity index (χ1v) is 13.8. The van der Waals surface area contributed by atoms with E-state index in [9.17, 15) is 18.0 Å². The number of benzene rings is 2. The van der Waals surface area contributed by atoms with E-state index < -0.39 is 23.3 Å². The van der Waals surface area contributed by atoms with Gasteiger partial charge in [-0.2, -0.15) is 18.3 Å². The summed E-state index contributed by atoms with van der Waals surface area (Å²) >= 11 is 5.92. The average molecular weight is 567 g/mol. The zero-order chi connectivity index (χ0) is 27.6. The van der Waals surface area contributed by atoms with Crippen molar-refractivity contribution in [3.63, 3.8) is 0 Å². The van der Waals surface area contributed by atoms with E-state index in [1.165, 1.54) is 42.0 Å². The molecule has 0 unspecified atom stereocenters. The largest absolute Gasteiger partial charge is 0.434 e. The van der Waals surface area contributed by atoms with Crippen molar-refractivity contribution in [1.29, 1.82) is 0 Å². The first-order chi connectivity index (χ1) is 19.3. The Balaban J connectivity index is 1.27. The summed E-state index contributed by atoms with van der Waals surface area (Å²) in [5.74, 6) is -0.726. The molecule has 3 aliphatic heterocycles. The highest BCUT2D eigenvalue weighted by atomic mass is 35.5. The van der Waals surface area contributed by atoms with Gasteiger partial charge in [-0.15, -0.1) is 0 Å². The first kappa shape index (κ1) is 25.3. The Bertz CT molecular complexity index is 1620. The van der Waals surface area contributed by atoms with Crippen LogP contribution in [0.1, 0.15) is 34.5 Å². The molecule has 7 nitrogen and oxygen atoms in total. The molecule has 2 aromatic heterocycles. The lowest BCUT2D eigenvalue weighted by molar-refractivity contribution is -0.143. The Labute approximate surface area is 233 Å².